The minimum absolute atomic E-state index is 0.00593. The Labute approximate surface area is 198 Å². The van der Waals surface area contributed by atoms with Gasteiger partial charge in [-0.05, 0) is 29.6 Å². The second-order valence-corrected chi connectivity index (χ2v) is 7.89. The van der Waals surface area contributed by atoms with Gasteiger partial charge in [-0.2, -0.15) is 0 Å². The zero-order chi connectivity index (χ0) is 24.5. The van der Waals surface area contributed by atoms with Crippen LogP contribution in [0.4, 0.5) is 11.6 Å². The molecule has 3 rings (SSSR count). The number of carbonyl (C=O) groups excluding carboxylic acids is 3. The van der Waals surface area contributed by atoms with Gasteiger partial charge in [0.25, 0.3) is 11.8 Å². The fourth-order valence-electron chi connectivity index (χ4n) is 2.88. The summed E-state index contributed by atoms with van der Waals surface area (Å²) in [5.41, 5.74) is 0.102. The first-order chi connectivity index (χ1) is 16.4. The van der Waals surface area contributed by atoms with E-state index in [4.69, 9.17) is 13.9 Å². The Morgan fingerprint density at radius 2 is 1.94 bits per heavy atom. The first-order valence-electron chi connectivity index (χ1n) is 10.00. The normalized spacial score (nSPS) is 10.5. The number of esters is 1. The predicted octanol–water partition coefficient (Wildman–Crippen LogP) is 3.33. The molecule has 0 saturated carbocycles. The van der Waals surface area contributed by atoms with Crippen LogP contribution in [0.1, 0.15) is 25.8 Å². The number of methoxy groups -OCH3 is 1. The number of benzene rings is 1. The van der Waals surface area contributed by atoms with Crippen LogP contribution < -0.4 is 5.32 Å². The van der Waals surface area contributed by atoms with Crippen LogP contribution in [0.5, 0.6) is 0 Å². The number of furan rings is 1. The SMILES string of the molecule is COCCN(Cc1cccs1)C(=O)COC(=O)c1ccccc1NC(=O)c1ccc([N+](=O)[O-])o1. The zero-order valence-electron chi connectivity index (χ0n) is 18.1. The lowest BCUT2D eigenvalue weighted by Gasteiger charge is -2.21. The molecule has 2 aromatic heterocycles. The first kappa shape index (κ1) is 24.6. The molecule has 11 nitrogen and oxygen atoms in total. The first-order valence-corrected chi connectivity index (χ1v) is 10.9. The van der Waals surface area contributed by atoms with E-state index in [0.29, 0.717) is 19.7 Å². The van der Waals surface area contributed by atoms with E-state index in [0.717, 1.165) is 17.0 Å². The fourth-order valence-corrected chi connectivity index (χ4v) is 3.60. The van der Waals surface area contributed by atoms with Crippen LogP contribution in [0.3, 0.4) is 0 Å². The maximum absolute atomic E-state index is 12.7. The Kier molecular flexibility index (Phi) is 8.48. The van der Waals surface area contributed by atoms with E-state index in [2.05, 4.69) is 5.32 Å². The van der Waals surface area contributed by atoms with Crippen LogP contribution in [0.15, 0.2) is 58.3 Å². The summed E-state index contributed by atoms with van der Waals surface area (Å²) in [6.07, 6.45) is 0. The van der Waals surface area contributed by atoms with Gasteiger partial charge in [0.2, 0.25) is 0 Å². The third kappa shape index (κ3) is 6.49. The lowest BCUT2D eigenvalue weighted by Crippen LogP contribution is -2.36. The Hall–Kier alpha value is -4.03. The van der Waals surface area contributed by atoms with Crippen molar-refractivity contribution in [2.45, 2.75) is 6.54 Å². The molecule has 34 heavy (non-hydrogen) atoms. The van der Waals surface area contributed by atoms with Crippen LogP contribution in [0, 0.1) is 10.1 Å². The highest BCUT2D eigenvalue weighted by atomic mass is 32.1. The molecule has 0 aliphatic heterocycles. The molecule has 178 valence electrons. The number of hydrogen-bond donors (Lipinski definition) is 1. The van der Waals surface area contributed by atoms with E-state index in [9.17, 15) is 24.5 Å². The van der Waals surface area contributed by atoms with Gasteiger partial charge in [0.15, 0.2) is 12.4 Å². The highest BCUT2D eigenvalue weighted by Gasteiger charge is 2.22. The molecule has 1 aromatic carbocycles. The summed E-state index contributed by atoms with van der Waals surface area (Å²) in [6.45, 7) is 0.511. The molecule has 1 N–H and O–H groups in total. The molecule has 12 heteroatoms. The number of hydrogen-bond acceptors (Lipinski definition) is 9. The Morgan fingerprint density at radius 3 is 2.62 bits per heavy atom. The largest absolute Gasteiger partial charge is 0.452 e. The van der Waals surface area contributed by atoms with Crippen molar-refractivity contribution in [1.82, 2.24) is 4.90 Å². The number of rotatable bonds is 11. The number of nitro groups is 1. The number of carbonyl (C=O) groups is 3. The summed E-state index contributed by atoms with van der Waals surface area (Å²) in [5, 5.41) is 15.1. The molecule has 0 spiro atoms. The minimum atomic E-state index is -0.822. The van der Waals surface area contributed by atoms with E-state index in [1.54, 1.807) is 12.1 Å². The van der Waals surface area contributed by atoms with Gasteiger partial charge in [0.1, 0.15) is 4.92 Å². The molecular formula is C22H21N3O8S. The van der Waals surface area contributed by atoms with Crippen LogP contribution in [-0.4, -0.2) is 54.5 Å². The quantitative estimate of drug-likeness (QED) is 0.247. The molecule has 0 aliphatic carbocycles. The molecule has 0 saturated heterocycles. The highest BCUT2D eigenvalue weighted by molar-refractivity contribution is 7.09. The molecule has 2 amide bonds. The smallest absolute Gasteiger partial charge is 0.433 e. The van der Waals surface area contributed by atoms with Crippen molar-refractivity contribution in [3.63, 3.8) is 0 Å². The van der Waals surface area contributed by atoms with Crippen LogP contribution in [0.2, 0.25) is 0 Å². The van der Waals surface area contributed by atoms with Gasteiger partial charge < -0.3 is 24.1 Å². The van der Waals surface area contributed by atoms with Crippen LogP contribution in [0.25, 0.3) is 0 Å². The Balaban J connectivity index is 1.64. The fraction of sp³-hybridized carbons (Fsp3) is 0.227. The summed E-state index contributed by atoms with van der Waals surface area (Å²) in [5.74, 6) is -2.89. The van der Waals surface area contributed by atoms with Crippen molar-refractivity contribution in [3.8, 4) is 0 Å². The van der Waals surface area contributed by atoms with Gasteiger partial charge in [-0.1, -0.05) is 18.2 Å². The number of nitrogens with zero attached hydrogens (tertiary/aromatic N) is 2. The monoisotopic (exact) mass is 487 g/mol. The second kappa shape index (κ2) is 11.7. The highest BCUT2D eigenvalue weighted by Crippen LogP contribution is 2.20. The zero-order valence-corrected chi connectivity index (χ0v) is 18.9. The molecule has 0 radical (unpaired) electrons. The number of amides is 2. The van der Waals surface area contributed by atoms with Crippen molar-refractivity contribution in [2.24, 2.45) is 0 Å². The Bertz CT molecular complexity index is 1160. The van der Waals surface area contributed by atoms with Gasteiger partial charge in [-0.15, -0.1) is 11.3 Å². The van der Waals surface area contributed by atoms with Gasteiger partial charge in [0, 0.05) is 18.5 Å². The van der Waals surface area contributed by atoms with Crippen molar-refractivity contribution in [1.29, 1.82) is 0 Å². The van der Waals surface area contributed by atoms with Crippen molar-refractivity contribution >= 4 is 40.7 Å². The van der Waals surface area contributed by atoms with Gasteiger partial charge >= 0.3 is 11.9 Å². The van der Waals surface area contributed by atoms with E-state index in [-0.39, 0.29) is 17.0 Å². The lowest BCUT2D eigenvalue weighted by molar-refractivity contribution is -0.402. The van der Waals surface area contributed by atoms with Gasteiger partial charge in [0.05, 0.1) is 30.5 Å². The summed E-state index contributed by atoms with van der Waals surface area (Å²) >= 11 is 1.50. The minimum Gasteiger partial charge on any atom is -0.452 e. The van der Waals surface area contributed by atoms with Crippen LogP contribution in [-0.2, 0) is 20.8 Å². The summed E-state index contributed by atoms with van der Waals surface area (Å²) < 4.78 is 15.1. The summed E-state index contributed by atoms with van der Waals surface area (Å²) in [7, 11) is 1.53. The standard InChI is InChI=1S/C22H21N3O8S/c1-31-11-10-24(13-15-5-4-12-34-15)19(26)14-32-22(28)16-6-2-3-7-17(16)23-21(27)18-8-9-20(33-18)25(29)30/h2-9,12H,10-11,13-14H2,1H3,(H,23,27). The van der Waals surface area contributed by atoms with Crippen molar-refractivity contribution in [3.05, 3.63) is 80.2 Å². The third-order valence-corrected chi connectivity index (χ3v) is 5.42. The predicted molar refractivity (Wildman–Crippen MR) is 122 cm³/mol. The number of para-hydroxylation sites is 1. The van der Waals surface area contributed by atoms with E-state index in [1.165, 1.54) is 35.5 Å². The van der Waals surface area contributed by atoms with E-state index in [1.807, 2.05) is 17.5 Å². The van der Waals surface area contributed by atoms with Crippen molar-refractivity contribution in [2.75, 3.05) is 32.2 Å². The second-order valence-electron chi connectivity index (χ2n) is 6.86. The van der Waals surface area contributed by atoms with E-state index < -0.39 is 35.2 Å². The average Bonchev–Trinajstić information content (AvgIpc) is 3.53. The molecule has 0 aliphatic rings. The van der Waals surface area contributed by atoms with Crippen LogP contribution >= 0.6 is 11.3 Å². The number of nitrogens with one attached hydrogen (secondary N) is 1. The molecule has 2 heterocycles. The number of anilines is 1. The van der Waals surface area contributed by atoms with E-state index >= 15 is 0 Å². The van der Waals surface area contributed by atoms with Gasteiger partial charge in [-0.3, -0.25) is 19.7 Å². The maximum Gasteiger partial charge on any atom is 0.433 e. The molecule has 0 unspecified atom stereocenters. The molecule has 0 bridgehead atoms. The molecule has 0 fully saturated rings. The molecular weight excluding hydrogens is 466 g/mol. The molecule has 3 aromatic rings. The maximum atomic E-state index is 12.7. The topological polar surface area (TPSA) is 141 Å². The van der Waals surface area contributed by atoms with Crippen molar-refractivity contribution < 1.29 is 33.2 Å². The lowest BCUT2D eigenvalue weighted by atomic mass is 10.1. The summed E-state index contributed by atoms with van der Waals surface area (Å²) in [4.78, 5) is 50.2. The number of thiophene rings is 1. The average molecular weight is 487 g/mol. The summed E-state index contributed by atoms with van der Waals surface area (Å²) in [6, 6.07) is 12.0. The Morgan fingerprint density at radius 1 is 1.15 bits per heavy atom. The van der Waals surface area contributed by atoms with Gasteiger partial charge in [-0.25, -0.2) is 4.79 Å². The molecule has 0 atom stereocenters. The number of ether oxygens (including phenoxy) is 2. The third-order valence-electron chi connectivity index (χ3n) is 4.56.